The van der Waals surface area contributed by atoms with Crippen LogP contribution in [0.4, 0.5) is 4.79 Å². The average Bonchev–Trinajstić information content (AvgIpc) is 2.78. The van der Waals surface area contributed by atoms with E-state index in [2.05, 4.69) is 4.74 Å². The lowest BCUT2D eigenvalue weighted by Gasteiger charge is -2.07. The number of nitrogens with zero attached hydrogens (tertiary/aromatic N) is 1. The fourth-order valence-corrected chi connectivity index (χ4v) is 1.34. The minimum atomic E-state index is -0.416. The molecule has 0 aliphatic carbocycles. The fraction of sp³-hybridized carbons (Fsp3) is 0.182. The molecule has 4 nitrogen and oxygen atoms in total. The van der Waals surface area contributed by atoms with Crippen molar-refractivity contribution in [3.8, 4) is 0 Å². The zero-order valence-corrected chi connectivity index (χ0v) is 8.34. The monoisotopic (exact) mass is 205 g/mol. The van der Waals surface area contributed by atoms with Crippen LogP contribution in [0.2, 0.25) is 0 Å². The highest BCUT2D eigenvalue weighted by atomic mass is 16.6. The smallest absolute Gasteiger partial charge is 0.416 e. The molecule has 15 heavy (non-hydrogen) atoms. The van der Waals surface area contributed by atoms with Gasteiger partial charge in [-0.2, -0.15) is 0 Å². The highest BCUT2D eigenvalue weighted by Gasteiger charge is 2.20. The largest absolute Gasteiger partial charge is 0.470 e. The Bertz CT molecular complexity index is 386. The Kier molecular flexibility index (Phi) is 2.58. The third kappa shape index (κ3) is 1.93. The van der Waals surface area contributed by atoms with Gasteiger partial charge in [0.2, 0.25) is 0 Å². The molecular formula is C11H11NO3. The zero-order valence-electron chi connectivity index (χ0n) is 8.34. The first-order valence-corrected chi connectivity index (χ1v) is 4.56. The molecule has 0 saturated carbocycles. The van der Waals surface area contributed by atoms with Gasteiger partial charge in [-0.05, 0) is 0 Å². The Labute approximate surface area is 87.7 Å². The molecule has 0 unspecified atom stereocenters. The lowest BCUT2D eigenvalue weighted by Crippen LogP contribution is -2.23. The van der Waals surface area contributed by atoms with Gasteiger partial charge in [-0.15, -0.1) is 0 Å². The van der Waals surface area contributed by atoms with Crippen molar-refractivity contribution >= 4 is 11.9 Å². The molecule has 0 N–H and O–H groups in total. The van der Waals surface area contributed by atoms with Crippen molar-refractivity contribution in [1.82, 2.24) is 4.90 Å². The number of hydrogen-bond acceptors (Lipinski definition) is 3. The molecule has 1 amide bonds. The first-order chi connectivity index (χ1) is 7.31. The van der Waals surface area contributed by atoms with Crippen LogP contribution >= 0.6 is 0 Å². The maximum Gasteiger partial charge on any atom is 0.416 e. The maximum absolute atomic E-state index is 11.2. The highest BCUT2D eigenvalue weighted by Crippen LogP contribution is 2.22. The van der Waals surface area contributed by atoms with Gasteiger partial charge in [-0.3, -0.25) is 0 Å². The number of amides is 1. The lowest BCUT2D eigenvalue weighted by atomic mass is 10.2. The molecule has 0 spiro atoms. The molecule has 1 aliphatic heterocycles. The molecule has 0 saturated heterocycles. The molecule has 1 aliphatic rings. The van der Waals surface area contributed by atoms with Crippen LogP contribution in [-0.2, 0) is 9.47 Å². The summed E-state index contributed by atoms with van der Waals surface area (Å²) in [6.07, 6.45) is 1.22. The topological polar surface area (TPSA) is 38.8 Å². The van der Waals surface area contributed by atoms with E-state index in [9.17, 15) is 4.79 Å². The van der Waals surface area contributed by atoms with E-state index in [1.165, 1.54) is 12.0 Å². The Morgan fingerprint density at radius 1 is 1.40 bits per heavy atom. The number of hydrogen-bond donors (Lipinski definition) is 0. The van der Waals surface area contributed by atoms with E-state index in [-0.39, 0.29) is 6.73 Å². The normalized spacial score (nSPS) is 14.5. The summed E-state index contributed by atoms with van der Waals surface area (Å²) in [5, 5.41) is 0. The van der Waals surface area contributed by atoms with Crippen LogP contribution in [0.5, 0.6) is 0 Å². The summed E-state index contributed by atoms with van der Waals surface area (Å²) in [5.74, 6) is 0.681. The van der Waals surface area contributed by atoms with Gasteiger partial charge in [0, 0.05) is 5.56 Å². The summed E-state index contributed by atoms with van der Waals surface area (Å²) < 4.78 is 9.94. The Balaban J connectivity index is 2.17. The van der Waals surface area contributed by atoms with E-state index in [4.69, 9.17) is 4.74 Å². The van der Waals surface area contributed by atoms with E-state index in [1.54, 1.807) is 6.20 Å². The number of rotatable bonds is 1. The molecule has 0 bridgehead atoms. The van der Waals surface area contributed by atoms with Crippen molar-refractivity contribution in [2.75, 3.05) is 13.8 Å². The van der Waals surface area contributed by atoms with E-state index in [0.717, 1.165) is 5.56 Å². The Hall–Kier alpha value is -1.97. The van der Waals surface area contributed by atoms with Crippen LogP contribution in [0, 0.1) is 0 Å². The highest BCUT2D eigenvalue weighted by molar-refractivity contribution is 5.73. The van der Waals surface area contributed by atoms with Crippen LogP contribution in [0.3, 0.4) is 0 Å². The predicted molar refractivity (Wildman–Crippen MR) is 54.6 cm³/mol. The third-order valence-corrected chi connectivity index (χ3v) is 2.10. The van der Waals surface area contributed by atoms with Crippen molar-refractivity contribution in [1.29, 1.82) is 0 Å². The maximum atomic E-state index is 11.2. The molecule has 78 valence electrons. The van der Waals surface area contributed by atoms with Gasteiger partial charge in [-0.1, -0.05) is 30.3 Å². The molecule has 0 fully saturated rings. The molecule has 4 heteroatoms. The summed E-state index contributed by atoms with van der Waals surface area (Å²) in [5.41, 5.74) is 0.948. The van der Waals surface area contributed by atoms with Gasteiger partial charge in [0.1, 0.15) is 5.76 Å². The van der Waals surface area contributed by atoms with Gasteiger partial charge in [0.05, 0.1) is 13.3 Å². The van der Waals surface area contributed by atoms with E-state index in [1.807, 2.05) is 30.3 Å². The standard InChI is InChI=1S/C11H11NO3/c1-14-11(13)12-7-10(15-8-12)9-5-3-2-4-6-9/h2-7H,8H2,1H3. The molecule has 0 atom stereocenters. The SMILES string of the molecule is COC(=O)N1C=C(c2ccccc2)OC1. The van der Waals surface area contributed by atoms with Crippen LogP contribution in [0.25, 0.3) is 5.76 Å². The average molecular weight is 205 g/mol. The fourth-order valence-electron chi connectivity index (χ4n) is 1.34. The second-order valence-electron chi connectivity index (χ2n) is 3.07. The third-order valence-electron chi connectivity index (χ3n) is 2.10. The van der Waals surface area contributed by atoms with Gasteiger partial charge < -0.3 is 9.47 Å². The van der Waals surface area contributed by atoms with Crippen molar-refractivity contribution in [3.63, 3.8) is 0 Å². The van der Waals surface area contributed by atoms with Crippen molar-refractivity contribution in [2.24, 2.45) is 0 Å². The van der Waals surface area contributed by atoms with E-state index in [0.29, 0.717) is 5.76 Å². The van der Waals surface area contributed by atoms with Crippen LogP contribution in [0.15, 0.2) is 36.5 Å². The van der Waals surface area contributed by atoms with Gasteiger partial charge in [0.25, 0.3) is 0 Å². The molecule has 1 aromatic carbocycles. The Morgan fingerprint density at radius 3 is 2.80 bits per heavy atom. The van der Waals surface area contributed by atoms with Crippen LogP contribution < -0.4 is 0 Å². The van der Waals surface area contributed by atoms with Crippen molar-refractivity contribution in [3.05, 3.63) is 42.1 Å². The first kappa shape index (κ1) is 9.58. The number of carbonyl (C=O) groups is 1. The minimum absolute atomic E-state index is 0.205. The van der Waals surface area contributed by atoms with Crippen molar-refractivity contribution in [2.45, 2.75) is 0 Å². The number of ether oxygens (including phenoxy) is 2. The molecule has 2 rings (SSSR count). The van der Waals surface area contributed by atoms with Gasteiger partial charge in [0.15, 0.2) is 6.73 Å². The van der Waals surface area contributed by atoms with E-state index >= 15 is 0 Å². The van der Waals surface area contributed by atoms with Gasteiger partial charge in [-0.25, -0.2) is 9.69 Å². The number of benzene rings is 1. The molecule has 0 radical (unpaired) electrons. The predicted octanol–water partition coefficient (Wildman–Crippen LogP) is 2.04. The summed E-state index contributed by atoms with van der Waals surface area (Å²) in [7, 11) is 1.34. The summed E-state index contributed by atoms with van der Waals surface area (Å²) >= 11 is 0. The second kappa shape index (κ2) is 4.04. The van der Waals surface area contributed by atoms with Crippen LogP contribution in [0.1, 0.15) is 5.56 Å². The zero-order chi connectivity index (χ0) is 10.7. The van der Waals surface area contributed by atoms with Crippen molar-refractivity contribution < 1.29 is 14.3 Å². The first-order valence-electron chi connectivity index (χ1n) is 4.56. The van der Waals surface area contributed by atoms with E-state index < -0.39 is 6.09 Å². The second-order valence-corrected chi connectivity index (χ2v) is 3.07. The quantitative estimate of drug-likeness (QED) is 0.704. The molecule has 1 heterocycles. The summed E-state index contributed by atoms with van der Waals surface area (Å²) in [6.45, 7) is 0.205. The molecule has 0 aromatic heterocycles. The number of carbonyl (C=O) groups excluding carboxylic acids is 1. The molecular weight excluding hydrogens is 194 g/mol. The van der Waals surface area contributed by atoms with Crippen LogP contribution in [-0.4, -0.2) is 24.8 Å². The number of methoxy groups -OCH3 is 1. The molecule has 1 aromatic rings. The van der Waals surface area contributed by atoms with Gasteiger partial charge >= 0.3 is 6.09 Å². The summed E-state index contributed by atoms with van der Waals surface area (Å²) in [4.78, 5) is 12.5. The minimum Gasteiger partial charge on any atom is -0.470 e. The Morgan fingerprint density at radius 2 is 2.13 bits per heavy atom. The summed E-state index contributed by atoms with van der Waals surface area (Å²) in [6, 6.07) is 9.61. The lowest BCUT2D eigenvalue weighted by molar-refractivity contribution is 0.115.